The first-order chi connectivity index (χ1) is 12.9. The van der Waals surface area contributed by atoms with Crippen LogP contribution in [0.3, 0.4) is 0 Å². The van der Waals surface area contributed by atoms with E-state index in [1.807, 2.05) is 39.0 Å². The molecule has 7 nitrogen and oxygen atoms in total. The second kappa shape index (κ2) is 8.35. The predicted molar refractivity (Wildman–Crippen MR) is 101 cm³/mol. The molecule has 27 heavy (non-hydrogen) atoms. The number of hydrogen-bond acceptors (Lipinski definition) is 5. The summed E-state index contributed by atoms with van der Waals surface area (Å²) in [5, 5.41) is 6.62. The summed E-state index contributed by atoms with van der Waals surface area (Å²) in [5.74, 6) is 0.570. The van der Waals surface area contributed by atoms with Crippen LogP contribution >= 0.6 is 0 Å². The van der Waals surface area contributed by atoms with Crippen molar-refractivity contribution >= 4 is 11.8 Å². The first kappa shape index (κ1) is 19.1. The highest BCUT2D eigenvalue weighted by Gasteiger charge is 2.22. The maximum Gasteiger partial charge on any atom is 0.251 e. The van der Waals surface area contributed by atoms with E-state index >= 15 is 0 Å². The normalized spacial score (nSPS) is 15.0. The van der Waals surface area contributed by atoms with Gasteiger partial charge in [0.1, 0.15) is 0 Å². The Balaban J connectivity index is 1.43. The minimum Gasteiger partial charge on any atom is -0.360 e. The molecule has 3 rings (SSSR count). The number of aryl methyl sites for hydroxylation is 3. The van der Waals surface area contributed by atoms with Gasteiger partial charge in [-0.15, -0.1) is 0 Å². The van der Waals surface area contributed by atoms with E-state index in [2.05, 4.69) is 15.4 Å². The van der Waals surface area contributed by atoms with E-state index < -0.39 is 0 Å². The van der Waals surface area contributed by atoms with Gasteiger partial charge in [0.25, 0.3) is 5.91 Å². The molecule has 144 valence electrons. The summed E-state index contributed by atoms with van der Waals surface area (Å²) >= 11 is 0. The highest BCUT2D eigenvalue weighted by atomic mass is 16.5. The summed E-state index contributed by atoms with van der Waals surface area (Å²) in [5.41, 5.74) is 3.66. The average Bonchev–Trinajstić information content (AvgIpc) is 3.07. The number of carbonyl (C=O) groups is 2. The van der Waals surface area contributed by atoms with Gasteiger partial charge in [0.15, 0.2) is 5.76 Å². The molecule has 1 saturated heterocycles. The fourth-order valence-corrected chi connectivity index (χ4v) is 3.12. The first-order valence-electron chi connectivity index (χ1n) is 9.20. The Hall–Kier alpha value is -2.67. The van der Waals surface area contributed by atoms with E-state index in [9.17, 15) is 9.59 Å². The van der Waals surface area contributed by atoms with Gasteiger partial charge in [-0.25, -0.2) is 0 Å². The Labute approximate surface area is 159 Å². The van der Waals surface area contributed by atoms with Crippen molar-refractivity contribution in [3.8, 4) is 0 Å². The molecule has 0 radical (unpaired) electrons. The van der Waals surface area contributed by atoms with Gasteiger partial charge in [0, 0.05) is 37.8 Å². The zero-order valence-corrected chi connectivity index (χ0v) is 16.1. The van der Waals surface area contributed by atoms with E-state index in [1.165, 1.54) is 0 Å². The summed E-state index contributed by atoms with van der Waals surface area (Å²) in [4.78, 5) is 28.7. The van der Waals surface area contributed by atoms with E-state index in [1.54, 1.807) is 11.0 Å². The third-order valence-electron chi connectivity index (χ3n) is 4.95. The molecule has 2 aromatic rings. The molecule has 1 N–H and O–H groups in total. The number of amides is 2. The minimum absolute atomic E-state index is 0.0209. The van der Waals surface area contributed by atoms with Crippen molar-refractivity contribution in [2.45, 2.75) is 27.3 Å². The lowest BCUT2D eigenvalue weighted by Gasteiger charge is -2.34. The van der Waals surface area contributed by atoms with Gasteiger partial charge < -0.3 is 14.7 Å². The monoisotopic (exact) mass is 370 g/mol. The third kappa shape index (κ3) is 4.95. The van der Waals surface area contributed by atoms with Crippen LogP contribution in [0.1, 0.15) is 32.9 Å². The maximum atomic E-state index is 12.4. The van der Waals surface area contributed by atoms with Gasteiger partial charge in [0.05, 0.1) is 18.8 Å². The molecule has 2 amide bonds. The molecule has 0 unspecified atom stereocenters. The molecule has 1 aliphatic rings. The molecule has 1 fully saturated rings. The van der Waals surface area contributed by atoms with Crippen LogP contribution in [0, 0.1) is 20.8 Å². The fraction of sp³-hybridized carbons (Fsp3) is 0.450. The first-order valence-corrected chi connectivity index (χ1v) is 9.20. The van der Waals surface area contributed by atoms with Crippen molar-refractivity contribution in [2.24, 2.45) is 0 Å². The largest absolute Gasteiger partial charge is 0.360 e. The van der Waals surface area contributed by atoms with Crippen molar-refractivity contribution in [1.29, 1.82) is 0 Å². The van der Waals surface area contributed by atoms with Crippen LogP contribution in [-0.2, 0) is 11.3 Å². The molecule has 0 aliphatic carbocycles. The number of carbonyl (C=O) groups excluding carboxylic acids is 2. The number of hydrogen-bond donors (Lipinski definition) is 1. The van der Waals surface area contributed by atoms with Crippen LogP contribution in [0.15, 0.2) is 28.8 Å². The number of nitrogens with zero attached hydrogens (tertiary/aromatic N) is 3. The minimum atomic E-state index is -0.217. The molecular formula is C20H26N4O3. The van der Waals surface area contributed by atoms with Gasteiger partial charge in [-0.1, -0.05) is 11.2 Å². The summed E-state index contributed by atoms with van der Waals surface area (Å²) in [6, 6.07) is 7.48. The second-order valence-electron chi connectivity index (χ2n) is 7.07. The standard InChI is InChI=1S/C20H26N4O3/c1-14-4-5-17(10-15(14)2)20(26)21-12-19(25)24-8-6-23(7-9-24)13-18-11-16(3)22-27-18/h4-5,10-11H,6-9,12-13H2,1-3H3,(H,21,26). The topological polar surface area (TPSA) is 78.7 Å². The van der Waals surface area contributed by atoms with Crippen LogP contribution in [0.2, 0.25) is 0 Å². The van der Waals surface area contributed by atoms with Gasteiger partial charge in [0.2, 0.25) is 5.91 Å². The Morgan fingerprint density at radius 2 is 1.81 bits per heavy atom. The van der Waals surface area contributed by atoms with Crippen molar-refractivity contribution in [2.75, 3.05) is 32.7 Å². The number of rotatable bonds is 5. The highest BCUT2D eigenvalue weighted by molar-refractivity contribution is 5.96. The zero-order valence-electron chi connectivity index (χ0n) is 16.1. The van der Waals surface area contributed by atoms with Crippen LogP contribution in [0.25, 0.3) is 0 Å². The number of benzene rings is 1. The zero-order chi connectivity index (χ0) is 19.4. The molecule has 0 atom stereocenters. The third-order valence-corrected chi connectivity index (χ3v) is 4.95. The maximum absolute atomic E-state index is 12.4. The second-order valence-corrected chi connectivity index (χ2v) is 7.07. The lowest BCUT2D eigenvalue weighted by atomic mass is 10.1. The lowest BCUT2D eigenvalue weighted by Crippen LogP contribution is -2.50. The van der Waals surface area contributed by atoms with Gasteiger partial charge in [-0.05, 0) is 44.0 Å². The van der Waals surface area contributed by atoms with Crippen molar-refractivity contribution < 1.29 is 14.1 Å². The van der Waals surface area contributed by atoms with Gasteiger partial charge in [-0.2, -0.15) is 0 Å². The Kier molecular flexibility index (Phi) is 5.91. The van der Waals surface area contributed by atoms with Gasteiger partial charge >= 0.3 is 0 Å². The summed E-state index contributed by atoms with van der Waals surface area (Å²) < 4.78 is 5.24. The molecule has 7 heteroatoms. The average molecular weight is 370 g/mol. The Bertz CT molecular complexity index is 822. The summed E-state index contributed by atoms with van der Waals surface area (Å²) in [6.07, 6.45) is 0. The molecule has 1 aromatic carbocycles. The molecular weight excluding hydrogens is 344 g/mol. The number of piperazine rings is 1. The lowest BCUT2D eigenvalue weighted by molar-refractivity contribution is -0.131. The van der Waals surface area contributed by atoms with E-state index in [0.717, 1.165) is 35.7 Å². The summed E-state index contributed by atoms with van der Waals surface area (Å²) in [7, 11) is 0. The highest BCUT2D eigenvalue weighted by Crippen LogP contribution is 2.11. The summed E-state index contributed by atoms with van der Waals surface area (Å²) in [6.45, 7) is 9.43. The molecule has 2 heterocycles. The van der Waals surface area contributed by atoms with Crippen molar-refractivity contribution in [1.82, 2.24) is 20.3 Å². The quantitative estimate of drug-likeness (QED) is 0.866. The van der Waals surface area contributed by atoms with Crippen LogP contribution < -0.4 is 5.32 Å². The Morgan fingerprint density at radius 3 is 2.44 bits per heavy atom. The van der Waals surface area contributed by atoms with Crippen LogP contribution in [-0.4, -0.2) is 59.5 Å². The smallest absolute Gasteiger partial charge is 0.251 e. The van der Waals surface area contributed by atoms with Crippen molar-refractivity contribution in [3.05, 3.63) is 52.4 Å². The van der Waals surface area contributed by atoms with Crippen molar-refractivity contribution in [3.63, 3.8) is 0 Å². The molecule has 1 aromatic heterocycles. The molecule has 0 bridgehead atoms. The number of nitrogens with one attached hydrogen (secondary N) is 1. The molecule has 0 spiro atoms. The molecule has 1 aliphatic heterocycles. The fourth-order valence-electron chi connectivity index (χ4n) is 3.12. The van der Waals surface area contributed by atoms with E-state index in [0.29, 0.717) is 25.2 Å². The number of aromatic nitrogens is 1. The van der Waals surface area contributed by atoms with Crippen LogP contribution in [0.5, 0.6) is 0 Å². The van der Waals surface area contributed by atoms with E-state index in [4.69, 9.17) is 4.52 Å². The van der Waals surface area contributed by atoms with Gasteiger partial charge in [-0.3, -0.25) is 14.5 Å². The molecule has 0 saturated carbocycles. The SMILES string of the molecule is Cc1cc(CN2CCN(C(=O)CNC(=O)c3ccc(C)c(C)c3)CC2)on1. The Morgan fingerprint density at radius 1 is 1.07 bits per heavy atom. The predicted octanol–water partition coefficient (Wildman–Crippen LogP) is 1.67. The van der Waals surface area contributed by atoms with Crippen LogP contribution in [0.4, 0.5) is 0 Å². The van der Waals surface area contributed by atoms with E-state index in [-0.39, 0.29) is 18.4 Å².